The van der Waals surface area contributed by atoms with Crippen LogP contribution >= 0.6 is 0 Å². The van der Waals surface area contributed by atoms with Crippen molar-refractivity contribution in [2.75, 3.05) is 30.2 Å². The Hall–Kier alpha value is -1.07. The Labute approximate surface area is 104 Å². The van der Waals surface area contributed by atoms with Crippen molar-refractivity contribution in [3.05, 3.63) is 29.8 Å². The molecule has 0 saturated carbocycles. The second kappa shape index (κ2) is 6.02. The number of anilines is 1. The Morgan fingerprint density at radius 3 is 2.29 bits per heavy atom. The predicted molar refractivity (Wildman–Crippen MR) is 71.9 cm³/mol. The molecule has 0 radical (unpaired) electrons. The van der Waals surface area contributed by atoms with E-state index in [1.54, 1.807) is 7.05 Å². The van der Waals surface area contributed by atoms with Crippen molar-refractivity contribution >= 4 is 15.7 Å². The largest absolute Gasteiger partial charge is 0.319 e. The number of nitrogens with one attached hydrogen (secondary N) is 1. The van der Waals surface area contributed by atoms with E-state index >= 15 is 0 Å². The number of benzene rings is 1. The summed E-state index contributed by atoms with van der Waals surface area (Å²) < 4.78 is 25.6. The number of hydrogen-bond donors (Lipinski definition) is 1. The quantitative estimate of drug-likeness (QED) is 0.836. The lowest BCUT2D eigenvalue weighted by molar-refractivity contribution is 0.589. The maximum atomic E-state index is 12.1. The summed E-state index contributed by atoms with van der Waals surface area (Å²) in [6, 6.07) is 7.53. The van der Waals surface area contributed by atoms with Gasteiger partial charge in [-0.3, -0.25) is 4.31 Å². The molecule has 0 unspecified atom stereocenters. The van der Waals surface area contributed by atoms with Crippen LogP contribution < -0.4 is 9.62 Å². The van der Waals surface area contributed by atoms with Crippen molar-refractivity contribution in [2.45, 2.75) is 13.8 Å². The molecule has 0 atom stereocenters. The van der Waals surface area contributed by atoms with Crippen molar-refractivity contribution in [3.8, 4) is 0 Å². The molecular weight excluding hydrogens is 236 g/mol. The van der Waals surface area contributed by atoms with E-state index in [4.69, 9.17) is 0 Å². The molecule has 0 aliphatic heterocycles. The van der Waals surface area contributed by atoms with Crippen molar-refractivity contribution in [1.82, 2.24) is 5.32 Å². The van der Waals surface area contributed by atoms with Gasteiger partial charge in [-0.15, -0.1) is 0 Å². The van der Waals surface area contributed by atoms with Crippen LogP contribution in [-0.2, 0) is 10.0 Å². The molecule has 0 aromatic heterocycles. The van der Waals surface area contributed by atoms with Crippen LogP contribution in [0.25, 0.3) is 0 Å². The van der Waals surface area contributed by atoms with Gasteiger partial charge in [-0.05, 0) is 33.0 Å². The van der Waals surface area contributed by atoms with E-state index in [9.17, 15) is 8.42 Å². The van der Waals surface area contributed by atoms with Crippen LogP contribution in [0.4, 0.5) is 5.69 Å². The molecule has 0 spiro atoms. The average Bonchev–Trinajstić information content (AvgIpc) is 2.30. The van der Waals surface area contributed by atoms with E-state index in [2.05, 4.69) is 5.32 Å². The zero-order valence-electron chi connectivity index (χ0n) is 10.6. The van der Waals surface area contributed by atoms with Crippen LogP contribution in [0.5, 0.6) is 0 Å². The topological polar surface area (TPSA) is 49.4 Å². The van der Waals surface area contributed by atoms with E-state index in [-0.39, 0.29) is 5.75 Å². The van der Waals surface area contributed by atoms with Gasteiger partial charge in [0.1, 0.15) is 0 Å². The third-order valence-corrected chi connectivity index (χ3v) is 4.42. The van der Waals surface area contributed by atoms with Gasteiger partial charge in [-0.2, -0.15) is 0 Å². The smallest absolute Gasteiger partial charge is 0.236 e. The fraction of sp³-hybridized carbons (Fsp3) is 0.500. The molecule has 5 heteroatoms. The first-order valence-corrected chi connectivity index (χ1v) is 7.34. The normalized spacial score (nSPS) is 11.5. The van der Waals surface area contributed by atoms with Crippen molar-refractivity contribution in [3.63, 3.8) is 0 Å². The maximum absolute atomic E-state index is 12.1. The fourth-order valence-corrected chi connectivity index (χ4v) is 3.11. The van der Waals surface area contributed by atoms with Gasteiger partial charge in [0, 0.05) is 13.1 Å². The summed E-state index contributed by atoms with van der Waals surface area (Å²) in [4.78, 5) is 0. The summed E-state index contributed by atoms with van der Waals surface area (Å²) in [5.74, 6) is 0.116. The Bertz CT molecular complexity index is 440. The third kappa shape index (κ3) is 3.71. The maximum Gasteiger partial charge on any atom is 0.236 e. The van der Waals surface area contributed by atoms with Crippen LogP contribution in [0.3, 0.4) is 0 Å². The van der Waals surface area contributed by atoms with Crippen LogP contribution in [0.15, 0.2) is 24.3 Å². The van der Waals surface area contributed by atoms with Gasteiger partial charge in [0.15, 0.2) is 0 Å². The Balaban J connectivity index is 2.95. The molecule has 0 saturated heterocycles. The molecule has 0 aliphatic carbocycles. The summed E-state index contributed by atoms with van der Waals surface area (Å²) in [5.41, 5.74) is 1.85. The number of sulfonamides is 1. The molecule has 4 nitrogen and oxygen atoms in total. The highest BCUT2D eigenvalue weighted by atomic mass is 32.2. The second-order valence-electron chi connectivity index (χ2n) is 3.92. The highest BCUT2D eigenvalue weighted by molar-refractivity contribution is 7.92. The van der Waals surface area contributed by atoms with Crippen LogP contribution in [0, 0.1) is 6.92 Å². The fourth-order valence-electron chi connectivity index (χ4n) is 1.59. The van der Waals surface area contributed by atoms with Gasteiger partial charge in [0.25, 0.3) is 0 Å². The first kappa shape index (κ1) is 14.0. The lowest BCUT2D eigenvalue weighted by Crippen LogP contribution is -2.35. The van der Waals surface area contributed by atoms with Gasteiger partial charge in [-0.1, -0.05) is 17.7 Å². The molecule has 0 heterocycles. The zero-order valence-corrected chi connectivity index (χ0v) is 11.4. The minimum Gasteiger partial charge on any atom is -0.319 e. The monoisotopic (exact) mass is 256 g/mol. The van der Waals surface area contributed by atoms with Crippen molar-refractivity contribution in [1.29, 1.82) is 0 Å². The van der Waals surface area contributed by atoms with Gasteiger partial charge >= 0.3 is 0 Å². The second-order valence-corrected chi connectivity index (χ2v) is 5.93. The van der Waals surface area contributed by atoms with E-state index in [0.29, 0.717) is 13.1 Å². The van der Waals surface area contributed by atoms with Gasteiger partial charge < -0.3 is 5.32 Å². The summed E-state index contributed by atoms with van der Waals surface area (Å²) >= 11 is 0. The Morgan fingerprint density at radius 2 is 1.82 bits per heavy atom. The minimum atomic E-state index is -3.23. The lowest BCUT2D eigenvalue weighted by atomic mass is 10.2. The molecule has 1 rings (SSSR count). The number of nitrogens with zero attached hydrogens (tertiary/aromatic N) is 1. The SMILES string of the molecule is CCN(c1ccc(C)cc1)S(=O)(=O)CCNC. The van der Waals surface area contributed by atoms with Crippen LogP contribution in [0.2, 0.25) is 0 Å². The van der Waals surface area contributed by atoms with Gasteiger partial charge in [-0.25, -0.2) is 8.42 Å². The highest BCUT2D eigenvalue weighted by Gasteiger charge is 2.19. The molecule has 0 aliphatic rings. The Kier molecular flexibility index (Phi) is 4.96. The minimum absolute atomic E-state index is 0.116. The molecule has 1 N–H and O–H groups in total. The van der Waals surface area contributed by atoms with E-state index in [0.717, 1.165) is 11.3 Å². The van der Waals surface area contributed by atoms with Crippen LogP contribution in [0.1, 0.15) is 12.5 Å². The number of aryl methyl sites for hydroxylation is 1. The molecule has 96 valence electrons. The van der Waals surface area contributed by atoms with Crippen molar-refractivity contribution < 1.29 is 8.42 Å². The van der Waals surface area contributed by atoms with Crippen molar-refractivity contribution in [2.24, 2.45) is 0 Å². The first-order chi connectivity index (χ1) is 8.01. The average molecular weight is 256 g/mol. The molecule has 0 fully saturated rings. The van der Waals surface area contributed by atoms with E-state index < -0.39 is 10.0 Å². The zero-order chi connectivity index (χ0) is 12.9. The molecular formula is C12H20N2O2S. The summed E-state index contributed by atoms with van der Waals surface area (Å²) in [5, 5.41) is 2.86. The van der Waals surface area contributed by atoms with Gasteiger partial charge in [0.05, 0.1) is 11.4 Å². The first-order valence-electron chi connectivity index (χ1n) is 5.73. The lowest BCUT2D eigenvalue weighted by Gasteiger charge is -2.22. The molecule has 1 aromatic carbocycles. The van der Waals surface area contributed by atoms with E-state index in [1.807, 2.05) is 38.1 Å². The summed E-state index contributed by atoms with van der Waals surface area (Å²) in [7, 11) is -1.48. The molecule has 0 amide bonds. The third-order valence-electron chi connectivity index (χ3n) is 2.55. The number of hydrogen-bond acceptors (Lipinski definition) is 3. The van der Waals surface area contributed by atoms with Gasteiger partial charge in [0.2, 0.25) is 10.0 Å². The highest BCUT2D eigenvalue weighted by Crippen LogP contribution is 2.18. The number of rotatable bonds is 6. The molecule has 1 aromatic rings. The Morgan fingerprint density at radius 1 is 1.24 bits per heavy atom. The molecule has 0 bridgehead atoms. The summed E-state index contributed by atoms with van der Waals surface area (Å²) in [6.45, 7) is 4.74. The molecule has 17 heavy (non-hydrogen) atoms. The standard InChI is InChI=1S/C12H20N2O2S/c1-4-14(17(15,16)10-9-13-3)12-7-5-11(2)6-8-12/h5-8,13H,4,9-10H2,1-3H3. The van der Waals surface area contributed by atoms with E-state index in [1.165, 1.54) is 4.31 Å². The predicted octanol–water partition coefficient (Wildman–Crippen LogP) is 1.37. The van der Waals surface area contributed by atoms with Crippen LogP contribution in [-0.4, -0.2) is 34.3 Å². The summed E-state index contributed by atoms with van der Waals surface area (Å²) in [6.07, 6.45) is 0.